The number of nitrogens with zero attached hydrogens (tertiary/aromatic N) is 2. The number of thiophene rings is 1. The van der Waals surface area contributed by atoms with E-state index in [1.807, 2.05) is 18.4 Å². The van der Waals surface area contributed by atoms with Gasteiger partial charge in [-0.05, 0) is 18.4 Å². The molecule has 0 fully saturated rings. The van der Waals surface area contributed by atoms with Crippen molar-refractivity contribution in [1.82, 2.24) is 9.97 Å². The van der Waals surface area contributed by atoms with Crippen LogP contribution in [0.2, 0.25) is 0 Å². The Kier molecular flexibility index (Phi) is 3.55. The molecule has 17 heavy (non-hydrogen) atoms. The van der Waals surface area contributed by atoms with Gasteiger partial charge in [-0.25, -0.2) is 10.8 Å². The van der Waals surface area contributed by atoms with E-state index in [-0.39, 0.29) is 0 Å². The minimum Gasteiger partial charge on any atom is -0.477 e. The van der Waals surface area contributed by atoms with Crippen molar-refractivity contribution in [3.63, 3.8) is 0 Å². The molecule has 0 saturated heterocycles. The third kappa shape index (κ3) is 2.72. The van der Waals surface area contributed by atoms with Gasteiger partial charge in [0.2, 0.25) is 11.8 Å². The Hall–Kier alpha value is -1.66. The zero-order valence-electron chi connectivity index (χ0n) is 9.56. The van der Waals surface area contributed by atoms with Gasteiger partial charge in [0, 0.05) is 6.42 Å². The third-order valence-electron chi connectivity index (χ3n) is 2.19. The molecule has 2 rings (SSSR count). The minimum absolute atomic E-state index is 0.366. The molecule has 0 spiro atoms. The maximum Gasteiger partial charge on any atom is 0.241 e. The van der Waals surface area contributed by atoms with Crippen LogP contribution in [0.3, 0.4) is 0 Å². The van der Waals surface area contributed by atoms with Gasteiger partial charge in [-0.3, -0.25) is 5.43 Å². The first-order valence-electron chi connectivity index (χ1n) is 5.19. The van der Waals surface area contributed by atoms with Crippen LogP contribution in [0.1, 0.15) is 13.3 Å². The molecule has 5 nitrogen and oxygen atoms in total. The summed E-state index contributed by atoms with van der Waals surface area (Å²) in [5, 5.41) is 2.86. The smallest absolute Gasteiger partial charge is 0.241 e. The summed E-state index contributed by atoms with van der Waals surface area (Å²) in [6.45, 7) is 6.35. The molecule has 0 aromatic carbocycles. The van der Waals surface area contributed by atoms with E-state index in [2.05, 4.69) is 22.0 Å². The molecule has 0 bridgehead atoms. The first kappa shape index (κ1) is 11.8. The van der Waals surface area contributed by atoms with E-state index < -0.39 is 0 Å². The van der Waals surface area contributed by atoms with Crippen LogP contribution in [-0.4, -0.2) is 16.6 Å². The highest BCUT2D eigenvalue weighted by Gasteiger charge is 2.09. The summed E-state index contributed by atoms with van der Waals surface area (Å²) in [4.78, 5) is 9.29. The van der Waals surface area contributed by atoms with Crippen LogP contribution < -0.4 is 16.0 Å². The molecule has 2 aromatic heterocycles. The predicted molar refractivity (Wildman–Crippen MR) is 70.2 cm³/mol. The van der Waals surface area contributed by atoms with Crippen LogP contribution in [0.25, 0.3) is 10.2 Å². The molecule has 2 aromatic rings. The van der Waals surface area contributed by atoms with Crippen molar-refractivity contribution in [1.29, 1.82) is 0 Å². The van der Waals surface area contributed by atoms with E-state index in [1.54, 1.807) is 0 Å². The van der Waals surface area contributed by atoms with E-state index in [0.717, 1.165) is 22.2 Å². The molecular weight excluding hydrogens is 236 g/mol. The first-order valence-corrected chi connectivity index (χ1v) is 6.07. The molecule has 2 heterocycles. The molecule has 0 radical (unpaired) electrons. The summed E-state index contributed by atoms with van der Waals surface area (Å²) < 4.78 is 5.63. The van der Waals surface area contributed by atoms with Gasteiger partial charge in [0.05, 0.1) is 12.0 Å². The fourth-order valence-corrected chi connectivity index (χ4v) is 2.08. The lowest BCUT2D eigenvalue weighted by molar-refractivity contribution is 0.313. The molecule has 0 amide bonds. The van der Waals surface area contributed by atoms with Crippen molar-refractivity contribution in [2.24, 2.45) is 5.84 Å². The van der Waals surface area contributed by atoms with Crippen LogP contribution in [-0.2, 0) is 0 Å². The summed E-state index contributed by atoms with van der Waals surface area (Å²) in [6, 6.07) is 1.94. The van der Waals surface area contributed by atoms with Crippen molar-refractivity contribution in [2.45, 2.75) is 13.3 Å². The maximum absolute atomic E-state index is 5.63. The Balaban J connectivity index is 2.24. The second kappa shape index (κ2) is 5.11. The number of ether oxygens (including phenoxy) is 1. The lowest BCUT2D eigenvalue weighted by Crippen LogP contribution is -2.11. The van der Waals surface area contributed by atoms with Crippen molar-refractivity contribution in [3.05, 3.63) is 23.6 Å². The average Bonchev–Trinajstić information content (AvgIpc) is 2.76. The second-order valence-electron chi connectivity index (χ2n) is 3.69. The van der Waals surface area contributed by atoms with Gasteiger partial charge in [0.1, 0.15) is 4.83 Å². The third-order valence-corrected chi connectivity index (χ3v) is 2.99. The molecule has 0 unspecified atom stereocenters. The number of hydrogen-bond donors (Lipinski definition) is 2. The number of hydrogen-bond acceptors (Lipinski definition) is 6. The first-order chi connectivity index (χ1) is 8.20. The van der Waals surface area contributed by atoms with Crippen LogP contribution in [0.4, 0.5) is 5.95 Å². The number of fused-ring (bicyclic) bond motifs is 1. The molecular formula is C11H14N4OS. The molecule has 0 saturated carbocycles. The molecule has 6 heteroatoms. The number of nitrogen functional groups attached to an aromatic ring is 1. The predicted octanol–water partition coefficient (Wildman–Crippen LogP) is 2.32. The Morgan fingerprint density at radius 3 is 3.12 bits per heavy atom. The monoisotopic (exact) mass is 250 g/mol. The molecule has 0 aliphatic heterocycles. The summed E-state index contributed by atoms with van der Waals surface area (Å²) >= 11 is 1.53. The van der Waals surface area contributed by atoms with Crippen LogP contribution in [0, 0.1) is 0 Å². The molecule has 3 N–H and O–H groups in total. The highest BCUT2D eigenvalue weighted by atomic mass is 32.1. The number of rotatable bonds is 5. The average molecular weight is 250 g/mol. The van der Waals surface area contributed by atoms with Crippen molar-refractivity contribution >= 4 is 27.5 Å². The lowest BCUT2D eigenvalue weighted by atomic mass is 10.3. The van der Waals surface area contributed by atoms with Crippen LogP contribution >= 0.6 is 11.3 Å². The molecule has 0 aliphatic rings. The van der Waals surface area contributed by atoms with Crippen LogP contribution in [0.15, 0.2) is 23.6 Å². The van der Waals surface area contributed by atoms with Crippen LogP contribution in [0.5, 0.6) is 5.88 Å². The van der Waals surface area contributed by atoms with Gasteiger partial charge in [-0.2, -0.15) is 4.98 Å². The molecule has 0 atom stereocenters. The molecule has 0 aliphatic carbocycles. The Morgan fingerprint density at radius 1 is 1.59 bits per heavy atom. The zero-order chi connectivity index (χ0) is 12.3. The number of aromatic nitrogens is 2. The van der Waals surface area contributed by atoms with E-state index in [9.17, 15) is 0 Å². The Labute approximate surface area is 103 Å². The summed E-state index contributed by atoms with van der Waals surface area (Å²) in [5.74, 6) is 6.24. The van der Waals surface area contributed by atoms with E-state index in [4.69, 9.17) is 10.6 Å². The van der Waals surface area contributed by atoms with Gasteiger partial charge in [0.15, 0.2) is 0 Å². The lowest BCUT2D eigenvalue weighted by Gasteiger charge is -2.07. The van der Waals surface area contributed by atoms with Gasteiger partial charge in [0.25, 0.3) is 0 Å². The number of anilines is 1. The Bertz CT molecular complexity index is 537. The minimum atomic E-state index is 0.366. The quantitative estimate of drug-likeness (QED) is 0.484. The standard InChI is InChI=1S/C11H14N4OS/c1-7(2)3-5-16-9-8-4-6-17-10(8)14-11(13-9)15-12/h4,6H,1,3,5,12H2,2H3,(H,13,14,15). The highest BCUT2D eigenvalue weighted by Crippen LogP contribution is 2.28. The van der Waals surface area contributed by atoms with Crippen molar-refractivity contribution in [3.8, 4) is 5.88 Å². The Morgan fingerprint density at radius 2 is 2.41 bits per heavy atom. The highest BCUT2D eigenvalue weighted by molar-refractivity contribution is 7.16. The van der Waals surface area contributed by atoms with Gasteiger partial charge in [-0.1, -0.05) is 5.57 Å². The second-order valence-corrected chi connectivity index (χ2v) is 4.59. The summed E-state index contributed by atoms with van der Waals surface area (Å²) in [6.07, 6.45) is 0.807. The number of nitrogens with one attached hydrogen (secondary N) is 1. The van der Waals surface area contributed by atoms with Gasteiger partial charge in [-0.15, -0.1) is 17.9 Å². The summed E-state index contributed by atoms with van der Waals surface area (Å²) in [5.41, 5.74) is 3.52. The van der Waals surface area contributed by atoms with Crippen molar-refractivity contribution < 1.29 is 4.74 Å². The normalized spacial score (nSPS) is 10.5. The maximum atomic E-state index is 5.63. The fourth-order valence-electron chi connectivity index (χ4n) is 1.32. The van der Waals surface area contributed by atoms with E-state index >= 15 is 0 Å². The summed E-state index contributed by atoms with van der Waals surface area (Å²) in [7, 11) is 0. The molecule has 90 valence electrons. The van der Waals surface area contributed by atoms with E-state index in [0.29, 0.717) is 18.4 Å². The SMILES string of the molecule is C=C(C)CCOc1nc(NN)nc2sccc12. The van der Waals surface area contributed by atoms with E-state index in [1.165, 1.54) is 11.3 Å². The number of hydrazine groups is 1. The topological polar surface area (TPSA) is 73.1 Å². The zero-order valence-corrected chi connectivity index (χ0v) is 10.4. The van der Waals surface area contributed by atoms with Gasteiger partial charge >= 0.3 is 0 Å². The fraction of sp³-hybridized carbons (Fsp3) is 0.273. The van der Waals surface area contributed by atoms with Crippen molar-refractivity contribution in [2.75, 3.05) is 12.0 Å². The largest absolute Gasteiger partial charge is 0.477 e. The number of nitrogens with two attached hydrogens (primary N) is 1. The van der Waals surface area contributed by atoms with Gasteiger partial charge < -0.3 is 4.74 Å².